The number of hydrogen-bond donors (Lipinski definition) is 2. The minimum absolute atomic E-state index is 0.0320. The third-order valence-electron chi connectivity index (χ3n) is 3.51. The van der Waals surface area contributed by atoms with Gasteiger partial charge in [0.15, 0.2) is 0 Å². The lowest BCUT2D eigenvalue weighted by molar-refractivity contribution is -0.142. The van der Waals surface area contributed by atoms with Crippen LogP contribution in [0.3, 0.4) is 0 Å². The number of rotatable bonds is 3. The zero-order valence-electron chi connectivity index (χ0n) is 10.0. The Bertz CT molecular complexity index is 424. The van der Waals surface area contributed by atoms with E-state index >= 15 is 0 Å². The van der Waals surface area contributed by atoms with Gasteiger partial charge in [-0.2, -0.15) is 17.0 Å². The predicted octanol–water partition coefficient (Wildman–Crippen LogP) is -0.906. The third kappa shape index (κ3) is 2.66. The lowest BCUT2D eigenvalue weighted by Gasteiger charge is -2.32. The van der Waals surface area contributed by atoms with Gasteiger partial charge in [0.25, 0.3) is 10.2 Å². The summed E-state index contributed by atoms with van der Waals surface area (Å²) in [5.41, 5.74) is 0. The number of β-amino-alcohol motifs (C(OH)–C–C–N with tert-alkyl or cyclic N) is 1. The van der Waals surface area contributed by atoms with Gasteiger partial charge < -0.3 is 10.2 Å². The molecule has 2 aliphatic rings. The Hall–Kier alpha value is -0.700. The van der Waals surface area contributed by atoms with E-state index in [0.717, 1.165) is 0 Å². The molecule has 18 heavy (non-hydrogen) atoms. The molecule has 0 bridgehead atoms. The number of aliphatic hydroxyl groups excluding tert-OH is 1. The molecular formula is C10H18N2O5S. The van der Waals surface area contributed by atoms with Gasteiger partial charge >= 0.3 is 5.97 Å². The molecule has 2 N–H and O–H groups in total. The van der Waals surface area contributed by atoms with E-state index in [4.69, 9.17) is 5.11 Å². The second kappa shape index (κ2) is 5.12. The highest BCUT2D eigenvalue weighted by Gasteiger charge is 2.38. The topological polar surface area (TPSA) is 98.2 Å². The molecule has 0 radical (unpaired) electrons. The Morgan fingerprint density at radius 3 is 2.33 bits per heavy atom. The fraction of sp³-hybridized carbons (Fsp3) is 0.900. The number of hydrogen-bond acceptors (Lipinski definition) is 4. The van der Waals surface area contributed by atoms with E-state index in [2.05, 4.69) is 0 Å². The lowest BCUT2D eigenvalue weighted by Crippen LogP contribution is -2.48. The number of carboxylic acid groups (broad SMARTS) is 1. The number of carbonyl (C=O) groups is 1. The summed E-state index contributed by atoms with van der Waals surface area (Å²) >= 11 is 0. The van der Waals surface area contributed by atoms with E-state index in [1.807, 2.05) is 0 Å². The summed E-state index contributed by atoms with van der Waals surface area (Å²) in [7, 11) is -3.62. The molecule has 0 amide bonds. The van der Waals surface area contributed by atoms with Crippen molar-refractivity contribution < 1.29 is 23.4 Å². The molecule has 0 aliphatic carbocycles. The minimum atomic E-state index is -3.62. The Labute approximate surface area is 106 Å². The predicted molar refractivity (Wildman–Crippen MR) is 63.0 cm³/mol. The maximum atomic E-state index is 12.2. The summed E-state index contributed by atoms with van der Waals surface area (Å²) in [5, 5.41) is 18.3. The molecule has 0 aromatic carbocycles. The summed E-state index contributed by atoms with van der Waals surface area (Å²) < 4.78 is 27.0. The van der Waals surface area contributed by atoms with Crippen LogP contribution < -0.4 is 0 Å². The first-order valence-electron chi connectivity index (χ1n) is 6.07. The van der Waals surface area contributed by atoms with Crippen LogP contribution >= 0.6 is 0 Å². The normalized spacial score (nSPS) is 31.6. The fourth-order valence-corrected chi connectivity index (χ4v) is 4.19. The monoisotopic (exact) mass is 278 g/mol. The molecule has 0 saturated carbocycles. The SMILES string of the molecule is O=C(O)C1CCCN(S(=O)(=O)N2CCC(O)C2)C1. The number of nitrogens with zero attached hydrogens (tertiary/aromatic N) is 2. The van der Waals surface area contributed by atoms with Gasteiger partial charge in [-0.05, 0) is 19.3 Å². The largest absolute Gasteiger partial charge is 0.481 e. The Balaban J connectivity index is 2.07. The van der Waals surface area contributed by atoms with E-state index in [-0.39, 0.29) is 13.1 Å². The summed E-state index contributed by atoms with van der Waals surface area (Å²) in [4.78, 5) is 10.9. The van der Waals surface area contributed by atoms with Gasteiger partial charge in [-0.15, -0.1) is 0 Å². The molecular weight excluding hydrogens is 260 g/mol. The quantitative estimate of drug-likeness (QED) is 0.697. The van der Waals surface area contributed by atoms with Crippen molar-refractivity contribution in [3.05, 3.63) is 0 Å². The summed E-state index contributed by atoms with van der Waals surface area (Å²) in [6.07, 6.45) is 0.909. The van der Waals surface area contributed by atoms with Gasteiger partial charge in [0.1, 0.15) is 0 Å². The maximum Gasteiger partial charge on any atom is 0.307 e. The molecule has 2 rings (SSSR count). The van der Waals surface area contributed by atoms with Crippen LogP contribution in [0.4, 0.5) is 0 Å². The molecule has 7 nitrogen and oxygen atoms in total. The van der Waals surface area contributed by atoms with Gasteiger partial charge in [-0.3, -0.25) is 4.79 Å². The van der Waals surface area contributed by atoms with Gasteiger partial charge in [0, 0.05) is 26.2 Å². The smallest absolute Gasteiger partial charge is 0.307 e. The zero-order chi connectivity index (χ0) is 13.3. The Kier molecular flexibility index (Phi) is 3.90. The fourth-order valence-electron chi connectivity index (χ4n) is 2.44. The first-order valence-corrected chi connectivity index (χ1v) is 7.47. The average molecular weight is 278 g/mol. The van der Waals surface area contributed by atoms with Crippen LogP contribution in [0.1, 0.15) is 19.3 Å². The molecule has 0 aromatic heterocycles. The zero-order valence-corrected chi connectivity index (χ0v) is 10.8. The van der Waals surface area contributed by atoms with Crippen molar-refractivity contribution in [1.82, 2.24) is 8.61 Å². The van der Waals surface area contributed by atoms with Crippen molar-refractivity contribution in [3.8, 4) is 0 Å². The molecule has 2 saturated heterocycles. The van der Waals surface area contributed by atoms with Crippen LogP contribution in [0, 0.1) is 5.92 Å². The van der Waals surface area contributed by atoms with Crippen molar-refractivity contribution in [3.63, 3.8) is 0 Å². The van der Waals surface area contributed by atoms with E-state index in [9.17, 15) is 18.3 Å². The molecule has 2 aliphatic heterocycles. The van der Waals surface area contributed by atoms with Crippen molar-refractivity contribution in [2.75, 3.05) is 26.2 Å². The molecule has 2 atom stereocenters. The maximum absolute atomic E-state index is 12.2. The number of carboxylic acids is 1. The highest BCUT2D eigenvalue weighted by atomic mass is 32.2. The van der Waals surface area contributed by atoms with Gasteiger partial charge in [-0.1, -0.05) is 0 Å². The van der Waals surface area contributed by atoms with Crippen LogP contribution in [0.25, 0.3) is 0 Å². The van der Waals surface area contributed by atoms with Crippen LogP contribution in [-0.2, 0) is 15.0 Å². The van der Waals surface area contributed by atoms with Crippen molar-refractivity contribution in [2.45, 2.75) is 25.4 Å². The van der Waals surface area contributed by atoms with Gasteiger partial charge in [-0.25, -0.2) is 0 Å². The lowest BCUT2D eigenvalue weighted by atomic mass is 10.0. The van der Waals surface area contributed by atoms with Crippen LogP contribution in [0.5, 0.6) is 0 Å². The molecule has 8 heteroatoms. The second-order valence-corrected chi connectivity index (χ2v) is 6.77. The third-order valence-corrected chi connectivity index (χ3v) is 5.48. The number of piperidine rings is 1. The molecule has 2 unspecified atom stereocenters. The summed E-state index contributed by atoms with van der Waals surface area (Å²) in [6, 6.07) is 0. The molecule has 0 aromatic rings. The first kappa shape index (κ1) is 13.7. The average Bonchev–Trinajstić information content (AvgIpc) is 2.77. The van der Waals surface area contributed by atoms with E-state index in [1.165, 1.54) is 8.61 Å². The van der Waals surface area contributed by atoms with Crippen molar-refractivity contribution in [1.29, 1.82) is 0 Å². The van der Waals surface area contributed by atoms with Gasteiger partial charge in [0.2, 0.25) is 0 Å². The van der Waals surface area contributed by atoms with Crippen LogP contribution in [-0.4, -0.2) is 65.5 Å². The Morgan fingerprint density at radius 2 is 1.78 bits per heavy atom. The minimum Gasteiger partial charge on any atom is -0.481 e. The highest BCUT2D eigenvalue weighted by molar-refractivity contribution is 7.86. The standard InChI is InChI=1S/C10H18N2O5S/c13-9-3-5-12(7-9)18(16,17)11-4-1-2-8(6-11)10(14)15/h8-9,13H,1-7H2,(H,14,15). The summed E-state index contributed by atoms with van der Waals surface area (Å²) in [6.45, 7) is 0.803. The molecule has 2 heterocycles. The van der Waals surface area contributed by atoms with E-state index in [0.29, 0.717) is 32.4 Å². The van der Waals surface area contributed by atoms with Crippen LogP contribution in [0.2, 0.25) is 0 Å². The molecule has 0 spiro atoms. The number of aliphatic carboxylic acids is 1. The van der Waals surface area contributed by atoms with E-state index in [1.54, 1.807) is 0 Å². The summed E-state index contributed by atoms with van der Waals surface area (Å²) in [5.74, 6) is -1.57. The first-order chi connectivity index (χ1) is 8.41. The van der Waals surface area contributed by atoms with E-state index < -0.39 is 28.2 Å². The molecule has 2 fully saturated rings. The van der Waals surface area contributed by atoms with Crippen molar-refractivity contribution in [2.24, 2.45) is 5.92 Å². The number of aliphatic hydroxyl groups is 1. The highest BCUT2D eigenvalue weighted by Crippen LogP contribution is 2.23. The van der Waals surface area contributed by atoms with Crippen LogP contribution in [0.15, 0.2) is 0 Å². The second-order valence-electron chi connectivity index (χ2n) is 4.84. The van der Waals surface area contributed by atoms with Crippen molar-refractivity contribution >= 4 is 16.2 Å². The molecule has 104 valence electrons. The Morgan fingerprint density at radius 1 is 1.11 bits per heavy atom. The van der Waals surface area contributed by atoms with Gasteiger partial charge in [0.05, 0.1) is 12.0 Å².